The molecule has 0 saturated heterocycles. The van der Waals surface area contributed by atoms with Gasteiger partial charge in [-0.15, -0.1) is 24.0 Å². The van der Waals surface area contributed by atoms with Gasteiger partial charge in [-0.05, 0) is 52.3 Å². The molecule has 0 unspecified atom stereocenters. The Morgan fingerprint density at radius 2 is 1.80 bits per heavy atom. The molecule has 0 atom stereocenters. The Kier molecular flexibility index (Phi) is 13.6. The van der Waals surface area contributed by atoms with Crippen LogP contribution < -0.4 is 25.4 Å². The van der Waals surface area contributed by atoms with E-state index in [0.717, 1.165) is 5.56 Å². The van der Waals surface area contributed by atoms with Crippen LogP contribution in [0.1, 0.15) is 40.2 Å². The van der Waals surface area contributed by atoms with Crippen molar-refractivity contribution in [2.75, 3.05) is 33.4 Å². The molecule has 172 valence electrons. The molecule has 1 aromatic rings. The number of amides is 1. The molecule has 0 saturated carbocycles. The summed E-state index contributed by atoms with van der Waals surface area (Å²) in [7, 11) is 1.57. The molecular formula is C20H34ClIN4O4. The Balaban J connectivity index is 0.00000841. The van der Waals surface area contributed by atoms with Crippen LogP contribution in [0.4, 0.5) is 4.79 Å². The van der Waals surface area contributed by atoms with E-state index in [1.165, 1.54) is 0 Å². The third kappa shape index (κ3) is 11.0. The maximum Gasteiger partial charge on any atom is 0.407 e. The van der Waals surface area contributed by atoms with Gasteiger partial charge in [-0.1, -0.05) is 11.6 Å². The number of guanidine groups is 1. The number of nitrogens with one attached hydrogen (secondary N) is 3. The number of carbonyl (C=O) groups excluding carboxylic acids is 1. The van der Waals surface area contributed by atoms with Gasteiger partial charge in [0.05, 0.1) is 25.3 Å². The van der Waals surface area contributed by atoms with Gasteiger partial charge in [-0.2, -0.15) is 0 Å². The standard InChI is InChI=1S/C20H33ClN4O4.HI/c1-7-22-18(23-9-10-24-19(26)29-20(3,4)5)25-13-14-11-15(21)17(28-8-2)16(12-14)27-6;/h11-12H,7-10,13H2,1-6H3,(H,24,26)(H2,22,23,25);1H. The lowest BCUT2D eigenvalue weighted by Crippen LogP contribution is -2.42. The average Bonchev–Trinajstić information content (AvgIpc) is 2.63. The van der Waals surface area contributed by atoms with Crippen molar-refractivity contribution in [2.24, 2.45) is 4.99 Å². The van der Waals surface area contributed by atoms with Crippen molar-refractivity contribution in [1.82, 2.24) is 16.0 Å². The molecule has 1 rings (SSSR count). The highest BCUT2D eigenvalue weighted by Gasteiger charge is 2.15. The minimum Gasteiger partial charge on any atom is -0.493 e. The summed E-state index contributed by atoms with van der Waals surface area (Å²) in [6.45, 7) is 11.8. The summed E-state index contributed by atoms with van der Waals surface area (Å²) in [5.74, 6) is 1.73. The van der Waals surface area contributed by atoms with Gasteiger partial charge in [-0.3, -0.25) is 0 Å². The Hall–Kier alpha value is -1.62. The van der Waals surface area contributed by atoms with E-state index in [4.69, 9.17) is 25.8 Å². The minimum absolute atomic E-state index is 0. The maximum absolute atomic E-state index is 11.7. The molecule has 0 aliphatic carbocycles. The van der Waals surface area contributed by atoms with Gasteiger partial charge in [0.1, 0.15) is 5.60 Å². The number of methoxy groups -OCH3 is 1. The van der Waals surface area contributed by atoms with E-state index in [9.17, 15) is 4.79 Å². The molecule has 0 heterocycles. The quantitative estimate of drug-likeness (QED) is 0.185. The highest BCUT2D eigenvalue weighted by atomic mass is 127. The van der Waals surface area contributed by atoms with Crippen molar-refractivity contribution in [3.05, 3.63) is 22.7 Å². The average molecular weight is 557 g/mol. The van der Waals surface area contributed by atoms with Crippen LogP contribution in [0.2, 0.25) is 5.02 Å². The first kappa shape index (κ1) is 28.4. The van der Waals surface area contributed by atoms with Crippen molar-refractivity contribution in [2.45, 2.75) is 46.8 Å². The van der Waals surface area contributed by atoms with Crippen LogP contribution in [-0.2, 0) is 11.3 Å². The molecule has 0 fully saturated rings. The number of nitrogens with zero attached hydrogens (tertiary/aromatic N) is 1. The van der Waals surface area contributed by atoms with Crippen LogP contribution in [0.5, 0.6) is 11.5 Å². The second-order valence-electron chi connectivity index (χ2n) is 7.09. The van der Waals surface area contributed by atoms with Gasteiger partial charge in [-0.25, -0.2) is 9.79 Å². The smallest absolute Gasteiger partial charge is 0.407 e. The number of ether oxygens (including phenoxy) is 3. The topological polar surface area (TPSA) is 93.2 Å². The zero-order valence-electron chi connectivity index (χ0n) is 18.6. The van der Waals surface area contributed by atoms with Crippen LogP contribution in [0, 0.1) is 0 Å². The first-order chi connectivity index (χ1) is 13.7. The third-order valence-electron chi connectivity index (χ3n) is 3.43. The molecule has 1 aromatic carbocycles. The van der Waals surface area contributed by atoms with E-state index in [1.54, 1.807) is 7.11 Å². The van der Waals surface area contributed by atoms with Crippen LogP contribution >= 0.6 is 35.6 Å². The van der Waals surface area contributed by atoms with E-state index in [2.05, 4.69) is 20.9 Å². The van der Waals surface area contributed by atoms with E-state index in [1.807, 2.05) is 46.8 Å². The van der Waals surface area contributed by atoms with Crippen molar-refractivity contribution in [3.63, 3.8) is 0 Å². The summed E-state index contributed by atoms with van der Waals surface area (Å²) in [5, 5.41) is 9.50. The zero-order chi connectivity index (χ0) is 21.9. The molecule has 8 nitrogen and oxygen atoms in total. The lowest BCUT2D eigenvalue weighted by atomic mass is 10.2. The summed E-state index contributed by atoms with van der Waals surface area (Å²) < 4.78 is 16.1. The van der Waals surface area contributed by atoms with Gasteiger partial charge >= 0.3 is 6.09 Å². The Labute approximate surface area is 201 Å². The van der Waals surface area contributed by atoms with Crippen molar-refractivity contribution < 1.29 is 19.0 Å². The number of benzene rings is 1. The molecule has 0 aromatic heterocycles. The molecule has 1 amide bonds. The lowest BCUT2D eigenvalue weighted by molar-refractivity contribution is 0.0529. The fraction of sp³-hybridized carbons (Fsp3) is 0.600. The summed E-state index contributed by atoms with van der Waals surface area (Å²) >= 11 is 6.31. The van der Waals surface area contributed by atoms with Gasteiger partial charge in [0.2, 0.25) is 0 Å². The minimum atomic E-state index is -0.520. The molecule has 0 aliphatic rings. The summed E-state index contributed by atoms with van der Waals surface area (Å²) in [6.07, 6.45) is -0.447. The molecule has 30 heavy (non-hydrogen) atoms. The number of hydrogen-bond acceptors (Lipinski definition) is 5. The maximum atomic E-state index is 11.7. The molecule has 0 aliphatic heterocycles. The first-order valence-corrected chi connectivity index (χ1v) is 10.1. The largest absolute Gasteiger partial charge is 0.493 e. The highest BCUT2D eigenvalue weighted by molar-refractivity contribution is 14.0. The summed E-state index contributed by atoms with van der Waals surface area (Å²) in [5.41, 5.74) is 0.368. The van der Waals surface area contributed by atoms with E-state index in [-0.39, 0.29) is 24.0 Å². The van der Waals surface area contributed by atoms with Gasteiger partial charge < -0.3 is 30.2 Å². The molecule has 3 N–H and O–H groups in total. The zero-order valence-corrected chi connectivity index (χ0v) is 21.6. The number of alkyl carbamates (subject to hydrolysis) is 1. The van der Waals surface area contributed by atoms with Gasteiger partial charge in [0, 0.05) is 19.6 Å². The molecule has 0 spiro atoms. The van der Waals surface area contributed by atoms with Gasteiger partial charge in [0.25, 0.3) is 0 Å². The fourth-order valence-corrected chi connectivity index (χ4v) is 2.61. The highest BCUT2D eigenvalue weighted by Crippen LogP contribution is 2.36. The number of hydrogen-bond donors (Lipinski definition) is 3. The van der Waals surface area contributed by atoms with E-state index in [0.29, 0.717) is 55.3 Å². The van der Waals surface area contributed by atoms with Gasteiger partial charge in [0.15, 0.2) is 17.5 Å². The monoisotopic (exact) mass is 556 g/mol. The summed E-state index contributed by atoms with van der Waals surface area (Å²) in [6, 6.07) is 3.67. The molecule has 0 radical (unpaired) electrons. The number of halogens is 2. The van der Waals surface area contributed by atoms with Crippen molar-refractivity contribution in [1.29, 1.82) is 0 Å². The van der Waals surface area contributed by atoms with E-state index < -0.39 is 11.7 Å². The van der Waals surface area contributed by atoms with Crippen LogP contribution in [0.3, 0.4) is 0 Å². The second-order valence-corrected chi connectivity index (χ2v) is 7.50. The fourth-order valence-electron chi connectivity index (χ4n) is 2.32. The molecule has 10 heteroatoms. The number of aliphatic imine (C=N–C) groups is 1. The molecule has 0 bridgehead atoms. The van der Waals surface area contributed by atoms with Crippen molar-refractivity contribution in [3.8, 4) is 11.5 Å². The Morgan fingerprint density at radius 1 is 1.13 bits per heavy atom. The number of rotatable bonds is 9. The van der Waals surface area contributed by atoms with Crippen molar-refractivity contribution >= 4 is 47.6 Å². The first-order valence-electron chi connectivity index (χ1n) is 9.68. The second kappa shape index (κ2) is 14.4. The van der Waals surface area contributed by atoms with Crippen LogP contribution in [-0.4, -0.2) is 51.0 Å². The Bertz CT molecular complexity index is 696. The Morgan fingerprint density at radius 3 is 2.37 bits per heavy atom. The lowest BCUT2D eigenvalue weighted by Gasteiger charge is -2.20. The van der Waals surface area contributed by atoms with E-state index >= 15 is 0 Å². The predicted molar refractivity (Wildman–Crippen MR) is 132 cm³/mol. The SMILES string of the molecule is CCNC(=NCc1cc(Cl)c(OCC)c(OC)c1)NCCNC(=O)OC(C)(C)C.I. The molecular weight excluding hydrogens is 523 g/mol. The summed E-state index contributed by atoms with van der Waals surface area (Å²) in [4.78, 5) is 16.2. The van der Waals surface area contributed by atoms with Crippen LogP contribution in [0.25, 0.3) is 0 Å². The number of carbonyl (C=O) groups is 1. The third-order valence-corrected chi connectivity index (χ3v) is 3.71. The normalized spacial score (nSPS) is 11.2. The predicted octanol–water partition coefficient (Wildman–Crippen LogP) is 3.95. The van der Waals surface area contributed by atoms with Crippen LogP contribution in [0.15, 0.2) is 17.1 Å².